The summed E-state index contributed by atoms with van der Waals surface area (Å²) in [5.41, 5.74) is 2.11. The number of anilines is 1. The second-order valence-electron chi connectivity index (χ2n) is 4.37. The van der Waals surface area contributed by atoms with Gasteiger partial charge in [0, 0.05) is 24.2 Å². The summed E-state index contributed by atoms with van der Waals surface area (Å²) in [4.78, 5) is 0. The number of nitrogens with zero attached hydrogens (tertiary/aromatic N) is 2. The molecule has 0 bridgehead atoms. The van der Waals surface area contributed by atoms with Crippen molar-refractivity contribution in [3.63, 3.8) is 0 Å². The van der Waals surface area contributed by atoms with Gasteiger partial charge in [0.15, 0.2) is 0 Å². The van der Waals surface area contributed by atoms with Crippen LogP contribution in [0.2, 0.25) is 0 Å². The third-order valence-electron chi connectivity index (χ3n) is 2.19. The molecule has 7 nitrogen and oxygen atoms in total. The van der Waals surface area contributed by atoms with E-state index < -0.39 is 10.2 Å². The maximum Gasteiger partial charge on any atom is 0.238 e. The van der Waals surface area contributed by atoms with E-state index in [2.05, 4.69) is 24.3 Å². The third-order valence-corrected chi connectivity index (χ3v) is 2.19. The predicted molar refractivity (Wildman–Crippen MR) is 64.5 cm³/mol. The molecule has 0 fully saturated rings. The highest BCUT2D eigenvalue weighted by Gasteiger charge is 2.06. The zero-order valence-corrected chi connectivity index (χ0v) is 12.4. The number of halogens is 1. The Labute approximate surface area is 124 Å². The SMILES string of the molecule is CC(C)Nc1cc[n+](-c2ccccc2)nc1.[O-][Cl+3]([O-])([O-])[O-]. The van der Waals surface area contributed by atoms with Crippen LogP contribution in [-0.2, 0) is 0 Å². The van der Waals surface area contributed by atoms with Gasteiger partial charge in [0.25, 0.3) is 0 Å². The summed E-state index contributed by atoms with van der Waals surface area (Å²) in [7, 11) is -4.94. The molecule has 0 radical (unpaired) electrons. The Kier molecular flexibility index (Phi) is 6.47. The lowest BCUT2D eigenvalue weighted by atomic mass is 10.3. The summed E-state index contributed by atoms with van der Waals surface area (Å²) in [6, 6.07) is 12.5. The minimum atomic E-state index is -4.94. The number of nitrogens with one attached hydrogen (secondary N) is 1. The molecule has 8 heteroatoms. The van der Waals surface area contributed by atoms with Crippen molar-refractivity contribution in [2.24, 2.45) is 0 Å². The molecule has 114 valence electrons. The van der Waals surface area contributed by atoms with Gasteiger partial charge >= 0.3 is 0 Å². The minimum absolute atomic E-state index is 0.425. The van der Waals surface area contributed by atoms with Crippen LogP contribution < -0.4 is 28.6 Å². The van der Waals surface area contributed by atoms with Crippen molar-refractivity contribution in [3.8, 4) is 5.69 Å². The van der Waals surface area contributed by atoms with Gasteiger partial charge in [-0.2, -0.15) is 0 Å². The third kappa shape index (κ3) is 8.18. The van der Waals surface area contributed by atoms with Gasteiger partial charge in [-0.3, -0.25) is 0 Å². The quantitative estimate of drug-likeness (QED) is 0.621. The monoisotopic (exact) mass is 313 g/mol. The Morgan fingerprint density at radius 1 is 1.05 bits per heavy atom. The highest BCUT2D eigenvalue weighted by Crippen LogP contribution is 2.04. The Morgan fingerprint density at radius 2 is 1.62 bits per heavy atom. The molecule has 0 atom stereocenters. The largest absolute Gasteiger partial charge is 0.381 e. The van der Waals surface area contributed by atoms with Crippen LogP contribution in [0.5, 0.6) is 0 Å². The molecule has 0 unspecified atom stereocenters. The molecule has 0 aliphatic heterocycles. The highest BCUT2D eigenvalue weighted by atomic mass is 35.7. The zero-order chi connectivity index (χ0) is 15.9. The Bertz CT molecular complexity index is 523. The van der Waals surface area contributed by atoms with Gasteiger partial charge in [0.05, 0.1) is 5.69 Å². The van der Waals surface area contributed by atoms with Gasteiger partial charge in [-0.25, -0.2) is 18.6 Å². The van der Waals surface area contributed by atoms with Gasteiger partial charge in [-0.15, -0.1) is 10.2 Å². The molecule has 21 heavy (non-hydrogen) atoms. The van der Waals surface area contributed by atoms with Crippen LogP contribution in [0.1, 0.15) is 13.8 Å². The minimum Gasteiger partial charge on any atom is -0.381 e. The van der Waals surface area contributed by atoms with Crippen molar-refractivity contribution in [1.82, 2.24) is 5.10 Å². The Hall–Kier alpha value is -1.77. The topological polar surface area (TPSA) is 121 Å². The second kappa shape index (κ2) is 7.87. The molecule has 1 heterocycles. The van der Waals surface area contributed by atoms with E-state index in [1.165, 1.54) is 0 Å². The zero-order valence-electron chi connectivity index (χ0n) is 11.6. The number of aromatic nitrogens is 2. The molecule has 1 aromatic carbocycles. The van der Waals surface area contributed by atoms with Crippen LogP contribution in [0, 0.1) is 10.2 Å². The average molecular weight is 314 g/mol. The van der Waals surface area contributed by atoms with Crippen molar-refractivity contribution in [2.75, 3.05) is 5.32 Å². The van der Waals surface area contributed by atoms with Crippen molar-refractivity contribution < 1.29 is 33.6 Å². The number of hydrogen-bond donors (Lipinski definition) is 1. The van der Waals surface area contributed by atoms with Crippen LogP contribution in [0.3, 0.4) is 0 Å². The average Bonchev–Trinajstić information content (AvgIpc) is 2.38. The second-order valence-corrected chi connectivity index (χ2v) is 5.13. The van der Waals surface area contributed by atoms with Crippen molar-refractivity contribution in [2.45, 2.75) is 19.9 Å². The van der Waals surface area contributed by atoms with Gasteiger partial charge in [0.1, 0.15) is 6.20 Å². The van der Waals surface area contributed by atoms with E-state index in [0.29, 0.717) is 6.04 Å². The first-order valence-electron chi connectivity index (χ1n) is 6.07. The molecule has 0 amide bonds. The molecule has 1 aromatic heterocycles. The first kappa shape index (κ1) is 17.3. The fourth-order valence-corrected chi connectivity index (χ4v) is 1.51. The lowest BCUT2D eigenvalue weighted by molar-refractivity contribution is -2.00. The molecular formula is C13H16ClN3O4. The van der Waals surface area contributed by atoms with E-state index >= 15 is 0 Å². The fraction of sp³-hybridized carbons (Fsp3) is 0.231. The van der Waals surface area contributed by atoms with E-state index in [-0.39, 0.29) is 0 Å². The Balaban J connectivity index is 0.000000383. The summed E-state index contributed by atoms with van der Waals surface area (Å²) in [6.45, 7) is 4.22. The van der Waals surface area contributed by atoms with Crippen LogP contribution in [0.25, 0.3) is 5.69 Å². The lowest BCUT2D eigenvalue weighted by Gasteiger charge is -2.17. The molecule has 0 saturated heterocycles. The van der Waals surface area contributed by atoms with Crippen LogP contribution >= 0.6 is 0 Å². The van der Waals surface area contributed by atoms with Gasteiger partial charge < -0.3 is 5.32 Å². The van der Waals surface area contributed by atoms with Crippen molar-refractivity contribution >= 4 is 5.69 Å². The summed E-state index contributed by atoms with van der Waals surface area (Å²) in [5.74, 6) is 0. The predicted octanol–water partition coefficient (Wildman–Crippen LogP) is -2.58. The van der Waals surface area contributed by atoms with E-state index in [9.17, 15) is 0 Å². The normalized spacial score (nSPS) is 10.8. The molecule has 2 aromatic rings. The van der Waals surface area contributed by atoms with Crippen molar-refractivity contribution in [1.29, 1.82) is 0 Å². The molecule has 0 aliphatic rings. The molecule has 0 spiro atoms. The smallest absolute Gasteiger partial charge is 0.238 e. The van der Waals surface area contributed by atoms with Crippen LogP contribution in [0.15, 0.2) is 48.8 Å². The standard InChI is InChI=1S/C13H15N3.ClHO4/c1-11(2)15-12-8-9-16(14-10-12)13-6-4-3-5-7-13;2-1(3,4)5/h3-11H,1-2H3;(H,2,3,4,5). The first-order valence-corrected chi connectivity index (χ1v) is 7.31. The highest BCUT2D eigenvalue weighted by molar-refractivity contribution is 5.38. The van der Waals surface area contributed by atoms with Crippen molar-refractivity contribution in [3.05, 3.63) is 48.8 Å². The fourth-order valence-electron chi connectivity index (χ4n) is 1.51. The van der Waals surface area contributed by atoms with E-state index in [1.54, 1.807) is 0 Å². The molecular weight excluding hydrogens is 298 g/mol. The van der Waals surface area contributed by atoms with Gasteiger partial charge in [-0.1, -0.05) is 22.9 Å². The number of rotatable bonds is 3. The van der Waals surface area contributed by atoms with E-state index in [4.69, 9.17) is 18.6 Å². The number of benzene rings is 1. The molecule has 2 rings (SSSR count). The molecule has 0 aliphatic carbocycles. The summed E-state index contributed by atoms with van der Waals surface area (Å²) in [5, 5.41) is 7.66. The number of para-hydroxylation sites is 1. The Morgan fingerprint density at radius 3 is 2.05 bits per heavy atom. The maximum atomic E-state index is 8.49. The maximum absolute atomic E-state index is 8.49. The van der Waals surface area contributed by atoms with E-state index in [0.717, 1.165) is 11.4 Å². The van der Waals surface area contributed by atoms with Gasteiger partial charge in [0.2, 0.25) is 11.9 Å². The van der Waals surface area contributed by atoms with E-state index in [1.807, 2.05) is 53.5 Å². The summed E-state index contributed by atoms with van der Waals surface area (Å²) < 4.78 is 35.8. The number of hydrogen-bond acceptors (Lipinski definition) is 6. The summed E-state index contributed by atoms with van der Waals surface area (Å²) in [6.07, 6.45) is 3.80. The lowest BCUT2D eigenvalue weighted by Crippen LogP contribution is -2.68. The molecule has 1 N–H and O–H groups in total. The summed E-state index contributed by atoms with van der Waals surface area (Å²) >= 11 is 0. The first-order chi connectivity index (χ1) is 9.75. The molecule has 0 saturated carbocycles. The van der Waals surface area contributed by atoms with Crippen LogP contribution in [-0.4, -0.2) is 11.1 Å². The van der Waals surface area contributed by atoms with Crippen LogP contribution in [0.4, 0.5) is 5.69 Å². The van der Waals surface area contributed by atoms with Gasteiger partial charge in [-0.05, 0) is 18.9 Å².